The van der Waals surface area contributed by atoms with E-state index in [1.807, 2.05) is 0 Å². The number of carbonyl (C=O) groups is 6. The van der Waals surface area contributed by atoms with Crippen LogP contribution in [-0.2, 0) is 35.2 Å². The zero-order valence-corrected chi connectivity index (χ0v) is 18.6. The quantitative estimate of drug-likeness (QED) is 0.114. The summed E-state index contributed by atoms with van der Waals surface area (Å²) in [5.41, 5.74) is 5.84. The van der Waals surface area contributed by atoms with E-state index in [4.69, 9.17) is 15.9 Å². The van der Waals surface area contributed by atoms with E-state index in [1.54, 1.807) is 0 Å². The topological polar surface area (TPSA) is 274 Å². The number of carboxylic acids is 3. The highest BCUT2D eigenvalue weighted by molar-refractivity contribution is 5.95. The summed E-state index contributed by atoms with van der Waals surface area (Å²) in [4.78, 5) is 77.2. The normalized spacial score (nSPS) is 15.1. The van der Waals surface area contributed by atoms with Gasteiger partial charge in [0.25, 0.3) is 0 Å². The molecule has 0 aliphatic rings. The minimum absolute atomic E-state index is 0.180. The molecule has 16 nitrogen and oxygen atoms in total. The molecule has 1 heterocycles. The molecule has 1 aromatic rings. The number of H-pyrrole nitrogens is 1. The van der Waals surface area contributed by atoms with Crippen LogP contribution in [0.2, 0.25) is 0 Å². The third-order valence-electron chi connectivity index (χ3n) is 4.67. The first kappa shape index (κ1) is 29.0. The first-order valence-electron chi connectivity index (χ1n) is 10.3. The predicted molar refractivity (Wildman–Crippen MR) is 114 cm³/mol. The van der Waals surface area contributed by atoms with Gasteiger partial charge in [0.05, 0.1) is 24.9 Å². The van der Waals surface area contributed by atoms with E-state index in [0.717, 1.165) is 6.92 Å². The van der Waals surface area contributed by atoms with Gasteiger partial charge in [-0.1, -0.05) is 0 Å². The van der Waals surface area contributed by atoms with Crippen LogP contribution in [0.5, 0.6) is 0 Å². The Kier molecular flexibility index (Phi) is 11.3. The zero-order chi connectivity index (χ0) is 26.7. The molecule has 5 unspecified atom stereocenters. The Labute approximate surface area is 198 Å². The predicted octanol–water partition coefficient (Wildman–Crippen LogP) is -3.46. The summed E-state index contributed by atoms with van der Waals surface area (Å²) in [6, 6.07) is -6.21. The van der Waals surface area contributed by atoms with Gasteiger partial charge in [0.1, 0.15) is 18.1 Å². The maximum absolute atomic E-state index is 12.7. The maximum atomic E-state index is 12.7. The molecule has 0 saturated carbocycles. The van der Waals surface area contributed by atoms with Gasteiger partial charge >= 0.3 is 17.9 Å². The van der Waals surface area contributed by atoms with Crippen molar-refractivity contribution in [3.8, 4) is 0 Å². The zero-order valence-electron chi connectivity index (χ0n) is 18.6. The molecule has 1 aromatic heterocycles. The third kappa shape index (κ3) is 10.2. The molecule has 0 aliphatic carbocycles. The van der Waals surface area contributed by atoms with Gasteiger partial charge in [-0.2, -0.15) is 0 Å². The first-order chi connectivity index (χ1) is 16.3. The summed E-state index contributed by atoms with van der Waals surface area (Å²) in [5, 5.41) is 43.5. The monoisotopic (exact) mass is 500 g/mol. The van der Waals surface area contributed by atoms with Crippen LogP contribution >= 0.6 is 0 Å². The summed E-state index contributed by atoms with van der Waals surface area (Å²) in [5.74, 6) is -7.29. The molecule has 16 heteroatoms. The highest BCUT2D eigenvalue weighted by Gasteiger charge is 2.33. The van der Waals surface area contributed by atoms with Gasteiger partial charge in [-0.25, -0.2) is 9.78 Å². The molecule has 194 valence electrons. The average molecular weight is 500 g/mol. The van der Waals surface area contributed by atoms with E-state index in [2.05, 4.69) is 25.9 Å². The molecule has 0 bridgehead atoms. The van der Waals surface area contributed by atoms with Gasteiger partial charge < -0.3 is 47.1 Å². The first-order valence-corrected chi connectivity index (χ1v) is 10.3. The third-order valence-corrected chi connectivity index (χ3v) is 4.67. The van der Waals surface area contributed by atoms with E-state index >= 15 is 0 Å². The number of aromatic amines is 1. The molecule has 0 saturated heterocycles. The standard InChI is InChI=1S/C19H28N6O10/c1-8(26)15(18(33)24-12(19(34)35)4-9-6-21-7-22-9)25-17(32)11(2-3-13(27)28)23-16(31)10(20)5-14(29)30/h6-8,10-12,15,26H,2-5,20H2,1H3,(H,21,22)(H,23,31)(H,24,33)(H,25,32)(H,27,28)(H,29,30)(H,34,35). The Morgan fingerprint density at radius 3 is 2.09 bits per heavy atom. The lowest BCUT2D eigenvalue weighted by Gasteiger charge is -2.26. The van der Waals surface area contributed by atoms with E-state index in [9.17, 15) is 39.0 Å². The van der Waals surface area contributed by atoms with E-state index in [0.29, 0.717) is 5.69 Å². The van der Waals surface area contributed by atoms with Crippen LogP contribution in [0, 0.1) is 0 Å². The molecule has 10 N–H and O–H groups in total. The fourth-order valence-corrected chi connectivity index (χ4v) is 2.83. The number of aliphatic hydroxyl groups is 1. The van der Waals surface area contributed by atoms with Gasteiger partial charge in [0.15, 0.2) is 0 Å². The van der Waals surface area contributed by atoms with Crippen LogP contribution in [0.1, 0.15) is 31.9 Å². The molecule has 0 radical (unpaired) electrons. The second kappa shape index (κ2) is 13.6. The summed E-state index contributed by atoms with van der Waals surface area (Å²) in [6.07, 6.45) is -0.832. The largest absolute Gasteiger partial charge is 0.481 e. The van der Waals surface area contributed by atoms with Crippen LogP contribution in [0.25, 0.3) is 0 Å². The fraction of sp³-hybridized carbons (Fsp3) is 0.526. The number of amides is 3. The van der Waals surface area contributed by atoms with Crippen molar-refractivity contribution in [1.82, 2.24) is 25.9 Å². The van der Waals surface area contributed by atoms with Crippen molar-refractivity contribution in [2.75, 3.05) is 0 Å². The average Bonchev–Trinajstić information content (AvgIpc) is 3.26. The van der Waals surface area contributed by atoms with Gasteiger partial charge in [0.2, 0.25) is 17.7 Å². The maximum Gasteiger partial charge on any atom is 0.326 e. The van der Waals surface area contributed by atoms with Crippen molar-refractivity contribution in [3.63, 3.8) is 0 Å². The number of aromatic nitrogens is 2. The molecular weight excluding hydrogens is 472 g/mol. The summed E-state index contributed by atoms with van der Waals surface area (Å²) in [7, 11) is 0. The number of hydrogen-bond donors (Lipinski definition) is 9. The number of imidazole rings is 1. The number of carbonyl (C=O) groups excluding carboxylic acids is 3. The second-order valence-electron chi connectivity index (χ2n) is 7.61. The number of nitrogens with two attached hydrogens (primary N) is 1. The smallest absolute Gasteiger partial charge is 0.326 e. The van der Waals surface area contributed by atoms with E-state index in [1.165, 1.54) is 12.5 Å². The molecule has 0 aromatic carbocycles. The number of hydrogen-bond acceptors (Lipinski definition) is 9. The number of carboxylic acid groups (broad SMARTS) is 3. The lowest BCUT2D eigenvalue weighted by atomic mass is 10.1. The summed E-state index contributed by atoms with van der Waals surface area (Å²) >= 11 is 0. The van der Waals surface area contributed by atoms with Crippen LogP contribution in [0.4, 0.5) is 0 Å². The number of aliphatic hydroxyl groups excluding tert-OH is 1. The van der Waals surface area contributed by atoms with Crippen LogP contribution in [0.3, 0.4) is 0 Å². The fourth-order valence-electron chi connectivity index (χ4n) is 2.83. The molecular formula is C19H28N6O10. The molecule has 0 aliphatic heterocycles. The minimum Gasteiger partial charge on any atom is -0.481 e. The van der Waals surface area contributed by atoms with Crippen LogP contribution in [0.15, 0.2) is 12.5 Å². The lowest BCUT2D eigenvalue weighted by molar-refractivity contribution is -0.143. The Bertz CT molecular complexity index is 919. The molecule has 3 amide bonds. The van der Waals surface area contributed by atoms with E-state index < -0.39 is 85.2 Å². The Hall–Kier alpha value is -4.05. The van der Waals surface area contributed by atoms with Crippen molar-refractivity contribution >= 4 is 35.6 Å². The lowest BCUT2D eigenvalue weighted by Crippen LogP contribution is -2.60. The SMILES string of the molecule is CC(O)C(NC(=O)C(CCC(=O)O)NC(=O)C(N)CC(=O)O)C(=O)NC(Cc1cnc[nH]1)C(=O)O. The van der Waals surface area contributed by atoms with Gasteiger partial charge in [-0.15, -0.1) is 0 Å². The van der Waals surface area contributed by atoms with Crippen molar-refractivity contribution in [2.24, 2.45) is 5.73 Å². The van der Waals surface area contributed by atoms with Crippen molar-refractivity contribution < 1.29 is 49.2 Å². The Morgan fingerprint density at radius 1 is 0.971 bits per heavy atom. The Morgan fingerprint density at radius 2 is 1.60 bits per heavy atom. The van der Waals surface area contributed by atoms with Crippen LogP contribution < -0.4 is 21.7 Å². The second-order valence-corrected chi connectivity index (χ2v) is 7.61. The molecule has 5 atom stereocenters. The minimum atomic E-state index is -1.68. The molecule has 0 fully saturated rings. The number of nitrogens with zero attached hydrogens (tertiary/aromatic N) is 1. The van der Waals surface area contributed by atoms with Crippen molar-refractivity contribution in [2.45, 2.75) is 62.9 Å². The highest BCUT2D eigenvalue weighted by Crippen LogP contribution is 2.05. The molecule has 0 spiro atoms. The number of rotatable bonds is 15. The summed E-state index contributed by atoms with van der Waals surface area (Å²) in [6.45, 7) is 1.14. The van der Waals surface area contributed by atoms with Gasteiger partial charge in [0, 0.05) is 24.7 Å². The highest BCUT2D eigenvalue weighted by atomic mass is 16.4. The van der Waals surface area contributed by atoms with Crippen molar-refractivity contribution in [1.29, 1.82) is 0 Å². The Balaban J connectivity index is 2.96. The molecule has 35 heavy (non-hydrogen) atoms. The van der Waals surface area contributed by atoms with Gasteiger partial charge in [-0.05, 0) is 13.3 Å². The van der Waals surface area contributed by atoms with Crippen molar-refractivity contribution in [3.05, 3.63) is 18.2 Å². The van der Waals surface area contributed by atoms with E-state index in [-0.39, 0.29) is 6.42 Å². The molecule has 1 rings (SSSR count). The number of aliphatic carboxylic acids is 3. The van der Waals surface area contributed by atoms with Gasteiger partial charge in [-0.3, -0.25) is 24.0 Å². The summed E-state index contributed by atoms with van der Waals surface area (Å²) < 4.78 is 0. The van der Waals surface area contributed by atoms with Crippen LogP contribution in [-0.4, -0.2) is 96.3 Å². The number of nitrogens with one attached hydrogen (secondary N) is 4.